The molecule has 0 saturated carbocycles. The van der Waals surface area contributed by atoms with Crippen LogP contribution in [0.2, 0.25) is 0 Å². The van der Waals surface area contributed by atoms with Gasteiger partial charge in [-0.15, -0.1) is 0 Å². The molecule has 2 aromatic carbocycles. The van der Waals surface area contributed by atoms with Crippen LogP contribution in [0.3, 0.4) is 0 Å². The van der Waals surface area contributed by atoms with E-state index in [2.05, 4.69) is 48.3 Å². The minimum atomic E-state index is -0.485. The van der Waals surface area contributed by atoms with Crippen molar-refractivity contribution in [1.82, 2.24) is 9.88 Å². The fourth-order valence-electron chi connectivity index (χ4n) is 4.08. The Labute approximate surface area is 196 Å². The van der Waals surface area contributed by atoms with Crippen molar-refractivity contribution in [3.63, 3.8) is 0 Å². The zero-order valence-electron chi connectivity index (χ0n) is 19.9. The summed E-state index contributed by atoms with van der Waals surface area (Å²) in [5, 5.41) is 0. The molecule has 33 heavy (non-hydrogen) atoms. The number of rotatable bonds is 4. The van der Waals surface area contributed by atoms with Crippen molar-refractivity contribution in [3.8, 4) is 28.1 Å². The Balaban J connectivity index is 1.53. The molecule has 0 bridgehead atoms. The number of hydrogen-bond acceptors (Lipinski definition) is 4. The van der Waals surface area contributed by atoms with Gasteiger partial charge >= 0.3 is 6.09 Å². The van der Waals surface area contributed by atoms with Gasteiger partial charge in [-0.1, -0.05) is 36.4 Å². The summed E-state index contributed by atoms with van der Waals surface area (Å²) < 4.78 is 12.0. The maximum Gasteiger partial charge on any atom is 0.410 e. The van der Waals surface area contributed by atoms with E-state index >= 15 is 0 Å². The van der Waals surface area contributed by atoms with Crippen LogP contribution in [-0.2, 0) is 4.74 Å². The normalized spacial score (nSPS) is 14.7. The van der Waals surface area contributed by atoms with E-state index in [-0.39, 0.29) is 12.2 Å². The van der Waals surface area contributed by atoms with Crippen LogP contribution >= 0.6 is 0 Å². The first kappa shape index (κ1) is 22.8. The molecule has 5 nitrogen and oxygen atoms in total. The molecular formula is C28H32N2O3. The number of benzene rings is 2. The first-order chi connectivity index (χ1) is 15.8. The Kier molecular flexibility index (Phi) is 6.68. The van der Waals surface area contributed by atoms with Crippen molar-refractivity contribution in [3.05, 3.63) is 72.4 Å². The summed E-state index contributed by atoms with van der Waals surface area (Å²) in [4.78, 5) is 18.7. The Morgan fingerprint density at radius 3 is 2.36 bits per heavy atom. The second kappa shape index (κ2) is 9.65. The van der Waals surface area contributed by atoms with Crippen LogP contribution < -0.4 is 4.74 Å². The number of carbonyl (C=O) groups is 1. The zero-order chi connectivity index (χ0) is 23.4. The van der Waals surface area contributed by atoms with Gasteiger partial charge in [0.2, 0.25) is 0 Å². The van der Waals surface area contributed by atoms with Crippen LogP contribution in [0.4, 0.5) is 4.79 Å². The molecule has 0 atom stereocenters. The number of aryl methyl sites for hydroxylation is 1. The van der Waals surface area contributed by atoms with Gasteiger partial charge in [0.15, 0.2) is 0 Å². The summed E-state index contributed by atoms with van der Waals surface area (Å²) in [5.74, 6) is 0.821. The second-order valence-electron chi connectivity index (χ2n) is 9.53. The molecule has 1 aromatic heterocycles. The number of amides is 1. The third-order valence-electron chi connectivity index (χ3n) is 5.76. The van der Waals surface area contributed by atoms with Gasteiger partial charge in [0.1, 0.15) is 17.5 Å². The molecule has 4 rings (SSSR count). The fraction of sp³-hybridized carbons (Fsp3) is 0.357. The highest BCUT2D eigenvalue weighted by Crippen LogP contribution is 2.36. The lowest BCUT2D eigenvalue weighted by Crippen LogP contribution is -2.44. The molecule has 1 aliphatic rings. The number of aromatic nitrogens is 1. The molecule has 1 fully saturated rings. The number of piperidine rings is 1. The maximum absolute atomic E-state index is 12.4. The highest BCUT2D eigenvalue weighted by atomic mass is 16.6. The lowest BCUT2D eigenvalue weighted by Gasteiger charge is -2.33. The topological polar surface area (TPSA) is 51.7 Å². The lowest BCUT2D eigenvalue weighted by atomic mass is 9.97. The van der Waals surface area contributed by atoms with Crippen LogP contribution in [-0.4, -0.2) is 40.8 Å². The summed E-state index contributed by atoms with van der Waals surface area (Å²) in [6.07, 6.45) is 3.12. The molecule has 0 radical (unpaired) electrons. The number of carbonyl (C=O) groups excluding carboxylic acids is 1. The number of nitrogens with zero attached hydrogens (tertiary/aromatic N) is 2. The summed E-state index contributed by atoms with van der Waals surface area (Å²) in [5.41, 5.74) is 4.95. The van der Waals surface area contributed by atoms with Gasteiger partial charge in [0.25, 0.3) is 0 Å². The Hall–Kier alpha value is -3.34. The molecule has 0 aliphatic carbocycles. The van der Waals surface area contributed by atoms with Crippen molar-refractivity contribution in [1.29, 1.82) is 0 Å². The first-order valence-corrected chi connectivity index (χ1v) is 11.6. The third-order valence-corrected chi connectivity index (χ3v) is 5.76. The minimum absolute atomic E-state index is 0.0375. The molecular weight excluding hydrogens is 412 g/mol. The molecule has 1 saturated heterocycles. The highest BCUT2D eigenvalue weighted by molar-refractivity contribution is 5.77. The predicted molar refractivity (Wildman–Crippen MR) is 131 cm³/mol. The molecule has 1 amide bonds. The summed E-state index contributed by atoms with van der Waals surface area (Å²) in [6.45, 7) is 9.04. The molecule has 172 valence electrons. The van der Waals surface area contributed by atoms with Gasteiger partial charge in [-0.25, -0.2) is 4.79 Å². The number of ether oxygens (including phenoxy) is 2. The smallest absolute Gasteiger partial charge is 0.410 e. The van der Waals surface area contributed by atoms with Crippen LogP contribution in [0.5, 0.6) is 5.75 Å². The van der Waals surface area contributed by atoms with Crippen molar-refractivity contribution in [2.24, 2.45) is 0 Å². The van der Waals surface area contributed by atoms with Crippen molar-refractivity contribution in [2.45, 2.75) is 52.2 Å². The lowest BCUT2D eigenvalue weighted by molar-refractivity contribution is 0.0127. The third kappa shape index (κ3) is 5.72. The average molecular weight is 445 g/mol. The number of hydrogen-bond donors (Lipinski definition) is 0. The molecule has 3 aromatic rings. The van der Waals surface area contributed by atoms with Crippen LogP contribution in [0, 0.1) is 6.92 Å². The average Bonchev–Trinajstić information content (AvgIpc) is 2.80. The van der Waals surface area contributed by atoms with E-state index in [0.29, 0.717) is 13.1 Å². The monoisotopic (exact) mass is 444 g/mol. The fourth-order valence-corrected chi connectivity index (χ4v) is 4.08. The van der Waals surface area contributed by atoms with Gasteiger partial charge in [-0.05, 0) is 68.7 Å². The molecule has 0 spiro atoms. The standard InChI is InChI=1S/C28H32N2O3/c1-20-9-5-6-10-23(20)21-12-13-26(24(19-21)25-11-7-8-16-29-25)32-22-14-17-30(18-15-22)27(31)33-28(2,3)4/h5-13,16,19,22H,14-15,17-18H2,1-4H3. The van der Waals surface area contributed by atoms with Gasteiger partial charge in [0, 0.05) is 37.7 Å². The van der Waals surface area contributed by atoms with Gasteiger partial charge in [0.05, 0.1) is 5.69 Å². The quantitative estimate of drug-likeness (QED) is 0.461. The van der Waals surface area contributed by atoms with Crippen molar-refractivity contribution in [2.75, 3.05) is 13.1 Å². The maximum atomic E-state index is 12.4. The SMILES string of the molecule is Cc1ccccc1-c1ccc(OC2CCN(C(=O)OC(C)(C)C)CC2)c(-c2ccccn2)c1. The largest absolute Gasteiger partial charge is 0.490 e. The van der Waals surface area contributed by atoms with E-state index in [1.807, 2.05) is 45.0 Å². The highest BCUT2D eigenvalue weighted by Gasteiger charge is 2.28. The van der Waals surface area contributed by atoms with Crippen LogP contribution in [0.1, 0.15) is 39.2 Å². The second-order valence-corrected chi connectivity index (χ2v) is 9.53. The van der Waals surface area contributed by atoms with Gasteiger partial charge < -0.3 is 14.4 Å². The van der Waals surface area contributed by atoms with Crippen LogP contribution in [0.25, 0.3) is 22.4 Å². The number of pyridine rings is 1. The first-order valence-electron chi connectivity index (χ1n) is 11.6. The molecule has 0 N–H and O–H groups in total. The summed E-state index contributed by atoms with van der Waals surface area (Å²) in [6, 6.07) is 20.6. The van der Waals surface area contributed by atoms with E-state index in [0.717, 1.165) is 35.4 Å². The Morgan fingerprint density at radius 1 is 0.970 bits per heavy atom. The van der Waals surface area contributed by atoms with Gasteiger partial charge in [-0.2, -0.15) is 0 Å². The van der Waals surface area contributed by atoms with E-state index < -0.39 is 5.60 Å². The predicted octanol–water partition coefficient (Wildman–Crippen LogP) is 6.50. The number of likely N-dealkylation sites (tertiary alicyclic amines) is 1. The summed E-state index contributed by atoms with van der Waals surface area (Å²) in [7, 11) is 0. The van der Waals surface area contributed by atoms with Crippen LogP contribution in [0.15, 0.2) is 66.9 Å². The minimum Gasteiger partial charge on any atom is -0.490 e. The zero-order valence-corrected chi connectivity index (χ0v) is 19.9. The Morgan fingerprint density at radius 2 is 1.70 bits per heavy atom. The molecule has 2 heterocycles. The molecule has 5 heteroatoms. The molecule has 0 unspecified atom stereocenters. The van der Waals surface area contributed by atoms with Crippen molar-refractivity contribution >= 4 is 6.09 Å². The summed E-state index contributed by atoms with van der Waals surface area (Å²) >= 11 is 0. The molecule has 1 aliphatic heterocycles. The van der Waals surface area contributed by atoms with E-state index in [9.17, 15) is 4.79 Å². The van der Waals surface area contributed by atoms with Gasteiger partial charge in [-0.3, -0.25) is 4.98 Å². The Bertz CT molecular complexity index is 1100. The van der Waals surface area contributed by atoms with E-state index in [4.69, 9.17) is 9.47 Å². The van der Waals surface area contributed by atoms with E-state index in [1.165, 1.54) is 11.1 Å². The van der Waals surface area contributed by atoms with Crippen molar-refractivity contribution < 1.29 is 14.3 Å². The van der Waals surface area contributed by atoms with E-state index in [1.54, 1.807) is 11.1 Å².